The lowest BCUT2D eigenvalue weighted by Crippen LogP contribution is -2.91. The Morgan fingerprint density at radius 3 is 0.412 bits per heavy atom. The standard InChI is InChI=1S/C12H36Si5/c1-13(2,3)17(14(4,5)6,15(7,8)9)16(10,11)12/h1-12H3. The first-order chi connectivity index (χ1) is 7.00. The summed E-state index contributed by atoms with van der Waals surface area (Å²) >= 11 is 0. The second-order valence-electron chi connectivity index (χ2n) is 9.75. The van der Waals surface area contributed by atoms with Crippen LogP contribution in [0.3, 0.4) is 0 Å². The fourth-order valence-electron chi connectivity index (χ4n) is 6.75. The van der Waals surface area contributed by atoms with Crippen LogP contribution in [0.4, 0.5) is 0 Å². The van der Waals surface area contributed by atoms with Crippen molar-refractivity contribution >= 4 is 36.5 Å². The van der Waals surface area contributed by atoms with Crippen molar-refractivity contribution in [3.05, 3.63) is 0 Å². The lowest BCUT2D eigenvalue weighted by molar-refractivity contribution is 1.72. The van der Waals surface area contributed by atoms with Crippen LogP contribution in [-0.2, 0) is 0 Å². The molecule has 0 aromatic rings. The van der Waals surface area contributed by atoms with Crippen LogP contribution in [0, 0.1) is 0 Å². The van der Waals surface area contributed by atoms with Crippen molar-refractivity contribution in [3.63, 3.8) is 0 Å². The summed E-state index contributed by atoms with van der Waals surface area (Å²) in [5.74, 6) is 0. The molecule has 0 radical (unpaired) electrons. The van der Waals surface area contributed by atoms with E-state index in [2.05, 4.69) is 78.6 Å². The van der Waals surface area contributed by atoms with Crippen LogP contribution in [-0.4, -0.2) is 36.5 Å². The van der Waals surface area contributed by atoms with Crippen molar-refractivity contribution in [2.45, 2.75) is 78.6 Å². The van der Waals surface area contributed by atoms with Gasteiger partial charge in [-0.25, -0.2) is 0 Å². The van der Waals surface area contributed by atoms with Crippen molar-refractivity contribution in [2.75, 3.05) is 0 Å². The van der Waals surface area contributed by atoms with Gasteiger partial charge in [-0.15, -0.1) is 0 Å². The van der Waals surface area contributed by atoms with Crippen LogP contribution in [0.15, 0.2) is 0 Å². The molecule has 0 aromatic heterocycles. The normalized spacial score (nSPS) is 16.2. The lowest BCUT2D eigenvalue weighted by atomic mass is 11.8. The molecule has 0 aliphatic heterocycles. The van der Waals surface area contributed by atoms with E-state index in [1.807, 2.05) is 0 Å². The summed E-state index contributed by atoms with van der Waals surface area (Å²) in [5, 5.41) is 0. The number of hydrogen-bond acceptors (Lipinski definition) is 0. The highest BCUT2D eigenvalue weighted by molar-refractivity contribution is 8.06. The van der Waals surface area contributed by atoms with Crippen LogP contribution < -0.4 is 0 Å². The highest BCUT2D eigenvalue weighted by Crippen LogP contribution is 2.42. The predicted molar refractivity (Wildman–Crippen MR) is 99.1 cm³/mol. The first-order valence-electron chi connectivity index (χ1n) is 7.00. The molecule has 0 heterocycles. The van der Waals surface area contributed by atoms with E-state index >= 15 is 0 Å². The van der Waals surface area contributed by atoms with E-state index in [1.165, 1.54) is 0 Å². The van der Waals surface area contributed by atoms with Crippen LogP contribution in [0.5, 0.6) is 0 Å². The SMILES string of the molecule is C[Si](C)(C)[Si]([Si](C)(C)C)([Si](C)(C)C)[Si](C)(C)C. The van der Waals surface area contributed by atoms with Gasteiger partial charge in [0.05, 0.1) is 0 Å². The molecule has 104 valence electrons. The number of hydrogen-bond donors (Lipinski definition) is 0. The van der Waals surface area contributed by atoms with Crippen LogP contribution in [0.2, 0.25) is 78.6 Å². The summed E-state index contributed by atoms with van der Waals surface area (Å²) < 4.78 is 0. The van der Waals surface area contributed by atoms with Crippen LogP contribution in [0.25, 0.3) is 0 Å². The molecule has 0 rings (SSSR count). The van der Waals surface area contributed by atoms with E-state index in [4.69, 9.17) is 0 Å². The quantitative estimate of drug-likeness (QED) is 0.632. The summed E-state index contributed by atoms with van der Waals surface area (Å²) in [5.41, 5.74) is 0. The number of rotatable bonds is 4. The average molecular weight is 321 g/mol. The van der Waals surface area contributed by atoms with Crippen molar-refractivity contribution in [1.29, 1.82) is 0 Å². The topological polar surface area (TPSA) is 0 Å². The van der Waals surface area contributed by atoms with E-state index in [1.54, 1.807) is 0 Å². The summed E-state index contributed by atoms with van der Waals surface area (Å²) in [6, 6.07) is 0. The molecule has 0 aromatic carbocycles. The Balaban J connectivity index is 6.37. The zero-order valence-electron chi connectivity index (χ0n) is 14.5. The smallest absolute Gasteiger partial charge is 0.0340 e. The van der Waals surface area contributed by atoms with Gasteiger partial charge < -0.3 is 0 Å². The molecular formula is C12H36Si5. The molecule has 0 spiro atoms. The van der Waals surface area contributed by atoms with Crippen LogP contribution >= 0.6 is 0 Å². The van der Waals surface area contributed by atoms with Gasteiger partial charge in [0.25, 0.3) is 0 Å². The van der Waals surface area contributed by atoms with Crippen molar-refractivity contribution in [2.24, 2.45) is 0 Å². The molecule has 0 aliphatic rings. The molecule has 5 heteroatoms. The van der Waals surface area contributed by atoms with Gasteiger partial charge in [0.2, 0.25) is 0 Å². The van der Waals surface area contributed by atoms with Gasteiger partial charge in [-0.3, -0.25) is 0 Å². The van der Waals surface area contributed by atoms with Gasteiger partial charge in [0.1, 0.15) is 0 Å². The van der Waals surface area contributed by atoms with E-state index in [-0.39, 0.29) is 0 Å². The minimum atomic E-state index is -1.05. The fourth-order valence-corrected chi connectivity index (χ4v) is 182. The molecule has 0 aliphatic carbocycles. The maximum atomic E-state index is 2.72. The Kier molecular flexibility index (Phi) is 4.87. The van der Waals surface area contributed by atoms with Crippen LogP contribution in [0.1, 0.15) is 0 Å². The third-order valence-corrected chi connectivity index (χ3v) is 122. The third kappa shape index (κ3) is 2.83. The Morgan fingerprint density at radius 2 is 0.412 bits per heavy atom. The average Bonchev–Trinajstić information content (AvgIpc) is 1.67. The second kappa shape index (κ2) is 4.57. The first-order valence-corrected chi connectivity index (χ1v) is 27.0. The molecule has 0 atom stereocenters. The van der Waals surface area contributed by atoms with Crippen molar-refractivity contribution in [1.82, 2.24) is 0 Å². The Morgan fingerprint density at radius 1 is 0.294 bits per heavy atom. The van der Waals surface area contributed by atoms with Gasteiger partial charge in [-0.05, 0) is 0 Å². The zero-order valence-corrected chi connectivity index (χ0v) is 19.5. The molecule has 0 fully saturated rings. The first kappa shape index (κ1) is 18.1. The molecular weight excluding hydrogens is 285 g/mol. The molecule has 0 nitrogen and oxygen atoms in total. The van der Waals surface area contributed by atoms with E-state index in [0.29, 0.717) is 0 Å². The predicted octanol–water partition coefficient (Wildman–Crippen LogP) is 5.10. The molecule has 0 amide bonds. The molecule has 17 heavy (non-hydrogen) atoms. The van der Waals surface area contributed by atoms with Gasteiger partial charge in [-0.1, -0.05) is 78.6 Å². The van der Waals surface area contributed by atoms with Gasteiger partial charge in [0.15, 0.2) is 0 Å². The highest BCUT2D eigenvalue weighted by Gasteiger charge is 2.67. The minimum absolute atomic E-state index is 1.02. The lowest BCUT2D eigenvalue weighted by Gasteiger charge is -2.63. The molecule has 0 saturated heterocycles. The molecule has 0 N–H and O–H groups in total. The van der Waals surface area contributed by atoms with Gasteiger partial charge in [0, 0.05) is 36.5 Å². The van der Waals surface area contributed by atoms with Crippen molar-refractivity contribution < 1.29 is 0 Å². The maximum Gasteiger partial charge on any atom is 0.0340 e. The summed E-state index contributed by atoms with van der Waals surface area (Å²) in [6.45, 7) is 32.6. The second-order valence-corrected chi connectivity index (χ2v) is 65.2. The van der Waals surface area contributed by atoms with E-state index in [0.717, 1.165) is 0 Å². The Hall–Kier alpha value is 1.08. The third-order valence-electron chi connectivity index (χ3n) is 4.50. The Labute approximate surface area is 115 Å². The highest BCUT2D eigenvalue weighted by atomic mass is 30.2. The van der Waals surface area contributed by atoms with Gasteiger partial charge in [-0.2, -0.15) is 0 Å². The largest absolute Gasteiger partial charge is 0.0720 e. The minimum Gasteiger partial charge on any atom is -0.0720 e. The van der Waals surface area contributed by atoms with Crippen molar-refractivity contribution in [3.8, 4) is 0 Å². The molecule has 0 unspecified atom stereocenters. The summed E-state index contributed by atoms with van der Waals surface area (Å²) in [4.78, 5) is 0. The zero-order chi connectivity index (χ0) is 14.5. The molecule has 0 bridgehead atoms. The maximum absolute atomic E-state index is 2.72. The summed E-state index contributed by atoms with van der Waals surface area (Å²) in [7, 11) is -4.08. The van der Waals surface area contributed by atoms with E-state index in [9.17, 15) is 0 Å². The van der Waals surface area contributed by atoms with E-state index < -0.39 is 36.5 Å². The Bertz CT molecular complexity index is 208. The van der Waals surface area contributed by atoms with Gasteiger partial charge >= 0.3 is 0 Å². The monoisotopic (exact) mass is 320 g/mol. The fraction of sp³-hybridized carbons (Fsp3) is 1.00. The summed E-state index contributed by atoms with van der Waals surface area (Å²) in [6.07, 6.45) is -1.05. The molecule has 0 saturated carbocycles.